The van der Waals surface area contributed by atoms with Gasteiger partial charge in [-0.3, -0.25) is 0 Å². The smallest absolute Gasteiger partial charge is 0.124 e. The van der Waals surface area contributed by atoms with Gasteiger partial charge >= 0.3 is 0 Å². The van der Waals surface area contributed by atoms with E-state index < -0.39 is 0 Å². The highest BCUT2D eigenvalue weighted by atomic mass is 16.3. The van der Waals surface area contributed by atoms with Crippen LogP contribution in [0.25, 0.3) is 0 Å². The van der Waals surface area contributed by atoms with Crippen LogP contribution in [0.5, 0.6) is 11.5 Å². The van der Waals surface area contributed by atoms with Crippen LogP contribution in [0, 0.1) is 0 Å². The Labute approximate surface area is 116 Å². The molecule has 0 bridgehead atoms. The fraction of sp³-hybridized carbons (Fsp3) is 0.625. The lowest BCUT2D eigenvalue weighted by Gasteiger charge is -2.16. The van der Waals surface area contributed by atoms with E-state index in [0.717, 1.165) is 13.0 Å². The van der Waals surface area contributed by atoms with Gasteiger partial charge in [-0.15, -0.1) is 0 Å². The van der Waals surface area contributed by atoms with E-state index in [1.54, 1.807) is 18.2 Å². The Kier molecular flexibility index (Phi) is 7.34. The van der Waals surface area contributed by atoms with Crippen molar-refractivity contribution in [1.29, 1.82) is 0 Å². The van der Waals surface area contributed by atoms with Crippen molar-refractivity contribution >= 4 is 0 Å². The van der Waals surface area contributed by atoms with Crippen LogP contribution in [0.1, 0.15) is 64.0 Å². The Morgan fingerprint density at radius 3 is 2.21 bits per heavy atom. The third-order valence-electron chi connectivity index (χ3n) is 3.47. The predicted octanol–water partition coefficient (Wildman–Crippen LogP) is 4.11. The van der Waals surface area contributed by atoms with Crippen LogP contribution in [-0.4, -0.2) is 16.8 Å². The summed E-state index contributed by atoms with van der Waals surface area (Å²) < 4.78 is 0. The normalized spacial score (nSPS) is 12.5. The molecule has 0 aromatic heterocycles. The second-order valence-electron chi connectivity index (χ2n) is 5.15. The van der Waals surface area contributed by atoms with Crippen molar-refractivity contribution in [2.24, 2.45) is 0 Å². The number of hydrogen-bond acceptors (Lipinski definition) is 3. The van der Waals surface area contributed by atoms with Crippen LogP contribution >= 0.6 is 0 Å². The van der Waals surface area contributed by atoms with Crippen LogP contribution in [0.3, 0.4) is 0 Å². The minimum atomic E-state index is -0.0307. The van der Waals surface area contributed by atoms with E-state index in [4.69, 9.17) is 0 Å². The van der Waals surface area contributed by atoms with Gasteiger partial charge in [0.2, 0.25) is 0 Å². The van der Waals surface area contributed by atoms with Gasteiger partial charge in [0.05, 0.1) is 5.56 Å². The monoisotopic (exact) mass is 265 g/mol. The van der Waals surface area contributed by atoms with Crippen LogP contribution in [0.4, 0.5) is 0 Å². The summed E-state index contributed by atoms with van der Waals surface area (Å²) in [6.07, 6.45) is 7.62. The average Bonchev–Trinajstić information content (AvgIpc) is 2.37. The Morgan fingerprint density at radius 1 is 1.00 bits per heavy atom. The second-order valence-corrected chi connectivity index (χ2v) is 5.15. The first-order chi connectivity index (χ1) is 9.16. The summed E-state index contributed by atoms with van der Waals surface area (Å²) in [5.74, 6) is 0.311. The molecule has 0 aliphatic heterocycles. The summed E-state index contributed by atoms with van der Waals surface area (Å²) in [4.78, 5) is 0. The first kappa shape index (κ1) is 15.8. The standard InChI is InChI=1S/C16H27NO2/c1-3-4-5-6-7-8-12-17-13(2)16-14(18)10-9-11-15(16)19/h9-11,13,17-19H,3-8,12H2,1-2H3. The molecule has 0 radical (unpaired) electrons. The second kappa shape index (κ2) is 8.81. The van der Waals surface area contributed by atoms with Crippen LogP contribution < -0.4 is 5.32 Å². The molecule has 108 valence electrons. The lowest BCUT2D eigenvalue weighted by Crippen LogP contribution is -2.20. The van der Waals surface area contributed by atoms with Crippen LogP contribution in [0.2, 0.25) is 0 Å². The minimum Gasteiger partial charge on any atom is -0.507 e. The molecule has 3 nitrogen and oxygen atoms in total. The molecular weight excluding hydrogens is 238 g/mol. The van der Waals surface area contributed by atoms with E-state index in [0.29, 0.717) is 5.56 Å². The number of phenolic OH excluding ortho intramolecular Hbond substituents is 2. The van der Waals surface area contributed by atoms with Gasteiger partial charge in [0.1, 0.15) is 11.5 Å². The molecule has 19 heavy (non-hydrogen) atoms. The summed E-state index contributed by atoms with van der Waals surface area (Å²) in [5, 5.41) is 22.9. The number of rotatable bonds is 9. The third-order valence-corrected chi connectivity index (χ3v) is 3.47. The van der Waals surface area contributed by atoms with Crippen LogP contribution in [0.15, 0.2) is 18.2 Å². The Bertz CT molecular complexity index is 346. The van der Waals surface area contributed by atoms with Crippen molar-refractivity contribution in [1.82, 2.24) is 5.32 Å². The predicted molar refractivity (Wildman–Crippen MR) is 79.6 cm³/mol. The van der Waals surface area contributed by atoms with Crippen molar-refractivity contribution < 1.29 is 10.2 Å². The van der Waals surface area contributed by atoms with Gasteiger partial charge in [0, 0.05) is 6.04 Å². The van der Waals surface area contributed by atoms with Gasteiger partial charge in [-0.1, -0.05) is 45.1 Å². The van der Waals surface area contributed by atoms with Gasteiger partial charge in [0.15, 0.2) is 0 Å². The number of hydrogen-bond donors (Lipinski definition) is 3. The van der Waals surface area contributed by atoms with Crippen molar-refractivity contribution in [3.05, 3.63) is 23.8 Å². The molecule has 0 aliphatic carbocycles. The highest BCUT2D eigenvalue weighted by molar-refractivity contribution is 5.44. The molecule has 1 rings (SSSR count). The van der Waals surface area contributed by atoms with E-state index in [2.05, 4.69) is 12.2 Å². The topological polar surface area (TPSA) is 52.5 Å². The zero-order valence-corrected chi connectivity index (χ0v) is 12.2. The van der Waals surface area contributed by atoms with E-state index in [1.165, 1.54) is 32.1 Å². The molecule has 1 aromatic carbocycles. The molecule has 1 unspecified atom stereocenters. The molecular formula is C16H27NO2. The Balaban J connectivity index is 2.26. The fourth-order valence-electron chi connectivity index (χ4n) is 2.31. The van der Waals surface area contributed by atoms with Crippen molar-refractivity contribution in [2.45, 2.75) is 58.4 Å². The molecule has 0 spiro atoms. The molecule has 0 aliphatic rings. The molecule has 0 amide bonds. The first-order valence-corrected chi connectivity index (χ1v) is 7.41. The van der Waals surface area contributed by atoms with Gasteiger partial charge < -0.3 is 15.5 Å². The highest BCUT2D eigenvalue weighted by Crippen LogP contribution is 2.31. The quantitative estimate of drug-likeness (QED) is 0.589. The van der Waals surface area contributed by atoms with E-state index >= 15 is 0 Å². The van der Waals surface area contributed by atoms with Gasteiger partial charge in [-0.05, 0) is 32.0 Å². The molecule has 0 heterocycles. The van der Waals surface area contributed by atoms with Crippen molar-refractivity contribution in [2.75, 3.05) is 6.54 Å². The Morgan fingerprint density at radius 2 is 1.58 bits per heavy atom. The lowest BCUT2D eigenvalue weighted by atomic mass is 10.1. The molecule has 0 saturated carbocycles. The largest absolute Gasteiger partial charge is 0.507 e. The van der Waals surface area contributed by atoms with Crippen molar-refractivity contribution in [3.63, 3.8) is 0 Å². The van der Waals surface area contributed by atoms with E-state index in [9.17, 15) is 10.2 Å². The third kappa shape index (κ3) is 5.52. The SMILES string of the molecule is CCCCCCCCNC(C)c1c(O)cccc1O. The summed E-state index contributed by atoms with van der Waals surface area (Å²) in [6, 6.07) is 4.83. The fourth-order valence-corrected chi connectivity index (χ4v) is 2.31. The molecule has 3 heteroatoms. The maximum absolute atomic E-state index is 9.76. The number of unbranched alkanes of at least 4 members (excludes halogenated alkanes) is 5. The number of phenols is 2. The minimum absolute atomic E-state index is 0.0307. The average molecular weight is 265 g/mol. The van der Waals surface area contributed by atoms with Gasteiger partial charge in [-0.25, -0.2) is 0 Å². The highest BCUT2D eigenvalue weighted by Gasteiger charge is 2.13. The molecule has 3 N–H and O–H groups in total. The summed E-state index contributed by atoms with van der Waals surface area (Å²) >= 11 is 0. The van der Waals surface area contributed by atoms with Gasteiger partial charge in [0.25, 0.3) is 0 Å². The van der Waals surface area contributed by atoms with Gasteiger partial charge in [-0.2, -0.15) is 0 Å². The first-order valence-electron chi connectivity index (χ1n) is 7.41. The summed E-state index contributed by atoms with van der Waals surface area (Å²) in [7, 11) is 0. The maximum atomic E-state index is 9.76. The zero-order chi connectivity index (χ0) is 14.1. The van der Waals surface area contributed by atoms with E-state index in [-0.39, 0.29) is 17.5 Å². The van der Waals surface area contributed by atoms with Crippen molar-refractivity contribution in [3.8, 4) is 11.5 Å². The molecule has 0 fully saturated rings. The molecule has 1 atom stereocenters. The van der Waals surface area contributed by atoms with E-state index in [1.807, 2.05) is 6.92 Å². The van der Waals surface area contributed by atoms with Crippen LogP contribution in [-0.2, 0) is 0 Å². The molecule has 1 aromatic rings. The molecule has 0 saturated heterocycles. The lowest BCUT2D eigenvalue weighted by molar-refractivity contribution is 0.417. The maximum Gasteiger partial charge on any atom is 0.124 e. The Hall–Kier alpha value is -1.22. The zero-order valence-electron chi connectivity index (χ0n) is 12.2. The number of nitrogens with one attached hydrogen (secondary N) is 1. The summed E-state index contributed by atoms with van der Waals surface area (Å²) in [5.41, 5.74) is 0.591. The number of aromatic hydroxyl groups is 2. The number of benzene rings is 1. The summed E-state index contributed by atoms with van der Waals surface area (Å²) in [6.45, 7) is 5.11.